The summed E-state index contributed by atoms with van der Waals surface area (Å²) in [4.78, 5) is 41.2. The molecule has 10 nitrogen and oxygen atoms in total. The predicted octanol–water partition coefficient (Wildman–Crippen LogP) is 5.23. The van der Waals surface area contributed by atoms with E-state index in [-0.39, 0.29) is 29.2 Å². The van der Waals surface area contributed by atoms with Gasteiger partial charge in [0.15, 0.2) is 6.61 Å². The van der Waals surface area contributed by atoms with E-state index in [2.05, 4.69) is 31.3 Å². The first-order valence-electron chi connectivity index (χ1n) is 11.8. The Morgan fingerprint density at radius 3 is 2.74 bits per heavy atom. The first kappa shape index (κ1) is 26.7. The number of amides is 1. The second-order valence-electron chi connectivity index (χ2n) is 8.43. The highest BCUT2D eigenvalue weighted by atomic mass is 79.9. The molecule has 4 aromatic rings. The largest absolute Gasteiger partial charge is 0.483 e. The van der Waals surface area contributed by atoms with Gasteiger partial charge >= 0.3 is 0 Å². The molecule has 0 saturated carbocycles. The summed E-state index contributed by atoms with van der Waals surface area (Å²) in [5.74, 6) is 0.251. The van der Waals surface area contributed by atoms with Crippen LogP contribution in [0.3, 0.4) is 0 Å². The third kappa shape index (κ3) is 6.12. The van der Waals surface area contributed by atoms with Crippen LogP contribution in [0.4, 0.5) is 11.4 Å². The van der Waals surface area contributed by atoms with Crippen LogP contribution < -0.4 is 15.6 Å². The van der Waals surface area contributed by atoms with Gasteiger partial charge in [-0.05, 0) is 49.2 Å². The zero-order valence-corrected chi connectivity index (χ0v) is 22.3. The Labute approximate surface area is 226 Å². The van der Waals surface area contributed by atoms with E-state index >= 15 is 0 Å². The van der Waals surface area contributed by atoms with Crippen molar-refractivity contribution in [3.8, 4) is 5.75 Å². The molecule has 0 saturated heterocycles. The number of aromatic nitrogens is 2. The summed E-state index contributed by atoms with van der Waals surface area (Å²) in [6.07, 6.45) is 2.52. The molecule has 38 heavy (non-hydrogen) atoms. The van der Waals surface area contributed by atoms with Crippen molar-refractivity contribution in [3.63, 3.8) is 0 Å². The molecule has 11 heteroatoms. The summed E-state index contributed by atoms with van der Waals surface area (Å²) in [6.45, 7) is 3.50. The lowest BCUT2D eigenvalue weighted by Gasteiger charge is -2.11. The van der Waals surface area contributed by atoms with Gasteiger partial charge in [-0.3, -0.25) is 19.7 Å². The first-order valence-corrected chi connectivity index (χ1v) is 12.6. The molecule has 0 atom stereocenters. The highest BCUT2D eigenvalue weighted by Gasteiger charge is 2.14. The van der Waals surface area contributed by atoms with Crippen molar-refractivity contribution in [2.24, 2.45) is 5.10 Å². The molecule has 1 amide bonds. The second-order valence-corrected chi connectivity index (χ2v) is 9.35. The maximum absolute atomic E-state index is 13.3. The number of nitrogens with one attached hydrogen (secondary N) is 1. The van der Waals surface area contributed by atoms with E-state index in [1.165, 1.54) is 29.1 Å². The normalized spacial score (nSPS) is 11.1. The lowest BCUT2D eigenvalue weighted by Crippen LogP contribution is -2.22. The molecule has 0 aliphatic rings. The van der Waals surface area contributed by atoms with Gasteiger partial charge in [0.2, 0.25) is 0 Å². The summed E-state index contributed by atoms with van der Waals surface area (Å²) < 4.78 is 7.60. The number of hydrogen-bond acceptors (Lipinski definition) is 7. The van der Waals surface area contributed by atoms with Gasteiger partial charge in [-0.25, -0.2) is 4.98 Å². The minimum absolute atomic E-state index is 0.190. The quantitative estimate of drug-likeness (QED) is 0.165. The van der Waals surface area contributed by atoms with Gasteiger partial charge in [0, 0.05) is 34.3 Å². The molecule has 0 spiro atoms. The third-order valence-electron chi connectivity index (χ3n) is 5.64. The van der Waals surface area contributed by atoms with E-state index < -0.39 is 10.8 Å². The number of benzene rings is 3. The summed E-state index contributed by atoms with van der Waals surface area (Å²) in [5, 5.41) is 18.9. The van der Waals surface area contributed by atoms with Gasteiger partial charge in [0.05, 0.1) is 22.0 Å². The number of para-hydroxylation sites is 1. The molecule has 4 rings (SSSR count). The van der Waals surface area contributed by atoms with E-state index in [0.717, 1.165) is 16.5 Å². The molecule has 0 fully saturated rings. The fourth-order valence-electron chi connectivity index (χ4n) is 3.74. The van der Waals surface area contributed by atoms with Gasteiger partial charge in [0.1, 0.15) is 11.6 Å². The molecule has 3 aromatic carbocycles. The van der Waals surface area contributed by atoms with Crippen LogP contribution in [0.25, 0.3) is 10.9 Å². The van der Waals surface area contributed by atoms with Crippen LogP contribution in [0.2, 0.25) is 0 Å². The molecule has 1 N–H and O–H groups in total. The molecule has 0 unspecified atom stereocenters. The molecule has 194 valence electrons. The Morgan fingerprint density at radius 2 is 2.00 bits per heavy atom. The molecule has 0 aliphatic carbocycles. The lowest BCUT2D eigenvalue weighted by molar-refractivity contribution is -0.384. The minimum Gasteiger partial charge on any atom is -0.483 e. The number of nitro benzene ring substituents is 1. The molecular formula is C27H24BrN5O5. The number of halogens is 1. The smallest absolute Gasteiger partial charge is 0.282 e. The second kappa shape index (κ2) is 11.8. The van der Waals surface area contributed by atoms with Crippen LogP contribution in [0.1, 0.15) is 30.3 Å². The Balaban J connectivity index is 1.67. The molecule has 0 bridgehead atoms. The number of nitrogens with zero attached hydrogens (tertiary/aromatic N) is 4. The van der Waals surface area contributed by atoms with E-state index in [0.29, 0.717) is 28.8 Å². The molecule has 1 heterocycles. The Hall–Kier alpha value is -4.38. The molecule has 0 aliphatic heterocycles. The summed E-state index contributed by atoms with van der Waals surface area (Å²) in [7, 11) is 0. The maximum Gasteiger partial charge on any atom is 0.282 e. The van der Waals surface area contributed by atoms with Crippen LogP contribution in [0.5, 0.6) is 5.75 Å². The van der Waals surface area contributed by atoms with Crippen LogP contribution in [-0.4, -0.2) is 33.3 Å². The van der Waals surface area contributed by atoms with Crippen LogP contribution in [0.15, 0.2) is 75.0 Å². The molecule has 1 aromatic heterocycles. The zero-order chi connectivity index (χ0) is 27.2. The maximum atomic E-state index is 13.3. The zero-order valence-electron chi connectivity index (χ0n) is 20.7. The number of non-ortho nitro benzene ring substituents is 1. The van der Waals surface area contributed by atoms with Gasteiger partial charge < -0.3 is 10.1 Å². The predicted molar refractivity (Wildman–Crippen MR) is 149 cm³/mol. The van der Waals surface area contributed by atoms with E-state index in [9.17, 15) is 19.7 Å². The average molecular weight is 578 g/mol. The van der Waals surface area contributed by atoms with E-state index in [1.807, 2.05) is 32.0 Å². The number of hydrogen-bond donors (Lipinski definition) is 1. The standard InChI is InChI=1S/C27H24BrN5O5/c1-3-6-25-30-23-11-9-19(28)14-21(23)27(35)32(25)29-15-18-13-20(33(36)37)10-12-24(18)38-16-26(34)31-22-8-5-4-7-17(22)2/h4-5,7-15H,3,6,16H2,1-2H3,(H,31,34). The van der Waals surface area contributed by atoms with Crippen molar-refractivity contribution < 1.29 is 14.5 Å². The van der Waals surface area contributed by atoms with Crippen molar-refractivity contribution in [1.82, 2.24) is 9.66 Å². The van der Waals surface area contributed by atoms with Crippen molar-refractivity contribution >= 4 is 50.3 Å². The SMILES string of the molecule is CCCc1nc2ccc(Br)cc2c(=O)n1N=Cc1cc([N+](=O)[O-])ccc1OCC(=O)Nc1ccccc1C. The average Bonchev–Trinajstić information content (AvgIpc) is 2.89. The van der Waals surface area contributed by atoms with E-state index in [4.69, 9.17) is 4.74 Å². The van der Waals surface area contributed by atoms with Crippen molar-refractivity contribution in [3.05, 3.63) is 103 Å². The van der Waals surface area contributed by atoms with Crippen molar-refractivity contribution in [2.75, 3.05) is 11.9 Å². The number of carbonyl (C=O) groups excluding carboxylic acids is 1. The topological polar surface area (TPSA) is 129 Å². The number of anilines is 1. The van der Waals surface area contributed by atoms with Crippen LogP contribution >= 0.6 is 15.9 Å². The number of carbonyl (C=O) groups is 1. The minimum atomic E-state index is -0.546. The van der Waals surface area contributed by atoms with Crippen LogP contribution in [0, 0.1) is 17.0 Å². The third-order valence-corrected chi connectivity index (χ3v) is 6.14. The van der Waals surface area contributed by atoms with E-state index in [1.54, 1.807) is 24.3 Å². The number of ether oxygens (including phenoxy) is 1. The van der Waals surface area contributed by atoms with Gasteiger partial charge in [-0.2, -0.15) is 9.78 Å². The fraction of sp³-hybridized carbons (Fsp3) is 0.185. The fourth-order valence-corrected chi connectivity index (χ4v) is 4.10. The molecule has 0 radical (unpaired) electrons. The number of nitro groups is 1. The summed E-state index contributed by atoms with van der Waals surface area (Å²) >= 11 is 3.37. The van der Waals surface area contributed by atoms with Gasteiger partial charge in [-0.1, -0.05) is 41.1 Å². The Bertz CT molecular complexity index is 1620. The van der Waals surface area contributed by atoms with Gasteiger partial charge in [0.25, 0.3) is 17.2 Å². The first-order chi connectivity index (χ1) is 18.3. The Kier molecular flexibility index (Phi) is 8.27. The van der Waals surface area contributed by atoms with Crippen molar-refractivity contribution in [2.45, 2.75) is 26.7 Å². The van der Waals surface area contributed by atoms with Crippen molar-refractivity contribution in [1.29, 1.82) is 0 Å². The highest BCUT2D eigenvalue weighted by Crippen LogP contribution is 2.24. The monoisotopic (exact) mass is 577 g/mol. The summed E-state index contributed by atoms with van der Waals surface area (Å²) in [5.41, 5.74) is 1.77. The van der Waals surface area contributed by atoms with Crippen LogP contribution in [-0.2, 0) is 11.2 Å². The Morgan fingerprint density at radius 1 is 1.21 bits per heavy atom. The number of aryl methyl sites for hydroxylation is 2. The summed E-state index contributed by atoms with van der Waals surface area (Å²) in [6, 6.07) is 16.5. The lowest BCUT2D eigenvalue weighted by atomic mass is 10.2. The number of fused-ring (bicyclic) bond motifs is 1. The van der Waals surface area contributed by atoms with Gasteiger partial charge in [-0.15, -0.1) is 0 Å². The molecular weight excluding hydrogens is 554 g/mol. The number of rotatable bonds is 9. The highest BCUT2D eigenvalue weighted by molar-refractivity contribution is 9.10.